The van der Waals surface area contributed by atoms with Gasteiger partial charge in [0.1, 0.15) is 5.60 Å². The largest absolute Gasteiger partial charge is 0.458 e. The Kier molecular flexibility index (Phi) is 1.46. The van der Waals surface area contributed by atoms with E-state index in [-0.39, 0.29) is 11.6 Å². The van der Waals surface area contributed by atoms with Gasteiger partial charge in [-0.3, -0.25) is 4.79 Å². The molecule has 0 radical (unpaired) electrons. The molecule has 0 aromatic heterocycles. The number of carbonyl (C=O) groups excluding carboxylic acids is 1. The van der Waals surface area contributed by atoms with Gasteiger partial charge < -0.3 is 4.74 Å². The minimum absolute atomic E-state index is 0.0272. The van der Waals surface area contributed by atoms with Gasteiger partial charge in [-0.1, -0.05) is 13.8 Å². The van der Waals surface area contributed by atoms with Crippen LogP contribution in [0.25, 0.3) is 0 Å². The Bertz CT molecular complexity index is 295. The maximum Gasteiger partial charge on any atom is 0.306 e. The molecule has 0 aromatic carbocycles. The number of rotatable bonds is 0. The summed E-state index contributed by atoms with van der Waals surface area (Å²) in [5.41, 5.74) is 0.356. The van der Waals surface area contributed by atoms with E-state index in [1.807, 2.05) is 0 Å². The Morgan fingerprint density at radius 3 is 2.79 bits per heavy atom. The van der Waals surface area contributed by atoms with Gasteiger partial charge in [0.05, 0.1) is 6.42 Å². The second-order valence-corrected chi connectivity index (χ2v) is 6.15. The zero-order valence-corrected chi connectivity index (χ0v) is 9.01. The standard InChI is InChI=1S/C12H18O2/c1-11(2)6-9-4-3-8-5-10(13)14-12(8,9)7-11/h8-9H,3-7H2,1-2H3. The molecule has 0 amide bonds. The first-order valence-corrected chi connectivity index (χ1v) is 5.74. The lowest BCUT2D eigenvalue weighted by Gasteiger charge is -2.28. The fourth-order valence-corrected chi connectivity index (χ4v) is 4.21. The van der Waals surface area contributed by atoms with Crippen LogP contribution in [-0.2, 0) is 9.53 Å². The van der Waals surface area contributed by atoms with E-state index in [9.17, 15) is 4.79 Å². The van der Waals surface area contributed by atoms with Gasteiger partial charge >= 0.3 is 5.97 Å². The minimum Gasteiger partial charge on any atom is -0.458 e. The highest BCUT2D eigenvalue weighted by Crippen LogP contribution is 2.62. The predicted octanol–water partition coefficient (Wildman–Crippen LogP) is 2.52. The maximum atomic E-state index is 11.4. The fraction of sp³-hybridized carbons (Fsp3) is 0.917. The molecule has 3 fully saturated rings. The molecule has 0 bridgehead atoms. The quantitative estimate of drug-likeness (QED) is 0.554. The minimum atomic E-state index is -0.0272. The molecule has 3 rings (SSSR count). The highest BCUT2D eigenvalue weighted by Gasteiger charge is 2.63. The third kappa shape index (κ3) is 0.945. The van der Waals surface area contributed by atoms with Crippen LogP contribution >= 0.6 is 0 Å². The molecule has 78 valence electrons. The van der Waals surface area contributed by atoms with Gasteiger partial charge in [-0.05, 0) is 37.0 Å². The number of hydrogen-bond acceptors (Lipinski definition) is 2. The van der Waals surface area contributed by atoms with Crippen LogP contribution in [0.2, 0.25) is 0 Å². The van der Waals surface area contributed by atoms with Crippen LogP contribution in [0.15, 0.2) is 0 Å². The van der Waals surface area contributed by atoms with E-state index in [0.29, 0.717) is 23.7 Å². The van der Waals surface area contributed by atoms with Crippen molar-refractivity contribution in [1.29, 1.82) is 0 Å². The summed E-state index contributed by atoms with van der Waals surface area (Å²) in [6.45, 7) is 4.62. The van der Waals surface area contributed by atoms with Gasteiger partial charge in [0.2, 0.25) is 0 Å². The van der Waals surface area contributed by atoms with Crippen LogP contribution in [0, 0.1) is 17.3 Å². The van der Waals surface area contributed by atoms with Crippen LogP contribution in [0.1, 0.15) is 46.0 Å². The molecule has 3 aliphatic rings. The van der Waals surface area contributed by atoms with E-state index in [1.54, 1.807) is 0 Å². The molecule has 0 aromatic rings. The van der Waals surface area contributed by atoms with Crippen molar-refractivity contribution >= 4 is 5.97 Å². The Morgan fingerprint density at radius 2 is 2.00 bits per heavy atom. The molecule has 3 unspecified atom stereocenters. The van der Waals surface area contributed by atoms with Crippen molar-refractivity contribution in [3.8, 4) is 0 Å². The SMILES string of the molecule is CC1(C)CC2CCC3CC(=O)OC32C1. The summed E-state index contributed by atoms with van der Waals surface area (Å²) in [6, 6.07) is 0. The topological polar surface area (TPSA) is 26.3 Å². The summed E-state index contributed by atoms with van der Waals surface area (Å²) in [6.07, 6.45) is 5.53. The lowest BCUT2D eigenvalue weighted by molar-refractivity contribution is -0.151. The number of hydrogen-bond donors (Lipinski definition) is 0. The fourth-order valence-electron chi connectivity index (χ4n) is 4.21. The van der Waals surface area contributed by atoms with Crippen LogP contribution in [0.4, 0.5) is 0 Å². The molecule has 14 heavy (non-hydrogen) atoms. The number of esters is 1. The zero-order valence-electron chi connectivity index (χ0n) is 9.01. The van der Waals surface area contributed by atoms with Gasteiger partial charge in [-0.15, -0.1) is 0 Å². The molecule has 2 saturated carbocycles. The molecule has 2 aliphatic carbocycles. The van der Waals surface area contributed by atoms with Crippen molar-refractivity contribution < 1.29 is 9.53 Å². The Hall–Kier alpha value is -0.530. The van der Waals surface area contributed by atoms with Crippen molar-refractivity contribution in [2.75, 3.05) is 0 Å². The highest BCUT2D eigenvalue weighted by molar-refractivity contribution is 5.73. The van der Waals surface area contributed by atoms with E-state index in [1.165, 1.54) is 19.3 Å². The Morgan fingerprint density at radius 1 is 1.29 bits per heavy atom. The van der Waals surface area contributed by atoms with Gasteiger partial charge in [-0.25, -0.2) is 0 Å². The van der Waals surface area contributed by atoms with Gasteiger partial charge in [-0.2, -0.15) is 0 Å². The normalized spacial score (nSPS) is 48.9. The molecule has 1 spiro atoms. The van der Waals surface area contributed by atoms with Crippen molar-refractivity contribution in [2.24, 2.45) is 17.3 Å². The van der Waals surface area contributed by atoms with Crippen LogP contribution in [0.3, 0.4) is 0 Å². The Balaban J connectivity index is 1.97. The molecule has 0 N–H and O–H groups in total. The summed E-state index contributed by atoms with van der Waals surface area (Å²) in [5.74, 6) is 1.26. The first kappa shape index (κ1) is 8.75. The van der Waals surface area contributed by atoms with E-state index in [4.69, 9.17) is 4.74 Å². The third-order valence-electron chi connectivity index (χ3n) is 4.52. The summed E-state index contributed by atoms with van der Waals surface area (Å²) in [5, 5.41) is 0. The van der Waals surface area contributed by atoms with E-state index in [0.717, 1.165) is 6.42 Å². The smallest absolute Gasteiger partial charge is 0.306 e. The van der Waals surface area contributed by atoms with E-state index < -0.39 is 0 Å². The van der Waals surface area contributed by atoms with Gasteiger partial charge in [0.25, 0.3) is 0 Å². The van der Waals surface area contributed by atoms with Crippen molar-refractivity contribution in [2.45, 2.75) is 51.6 Å². The van der Waals surface area contributed by atoms with Gasteiger partial charge in [0.15, 0.2) is 0 Å². The van der Waals surface area contributed by atoms with Crippen LogP contribution in [0.5, 0.6) is 0 Å². The Labute approximate surface area is 85.0 Å². The zero-order chi connectivity index (χ0) is 9.97. The summed E-state index contributed by atoms with van der Waals surface area (Å²) in [4.78, 5) is 11.4. The van der Waals surface area contributed by atoms with Crippen molar-refractivity contribution in [3.63, 3.8) is 0 Å². The monoisotopic (exact) mass is 194 g/mol. The highest BCUT2D eigenvalue weighted by atomic mass is 16.6. The average molecular weight is 194 g/mol. The second-order valence-electron chi connectivity index (χ2n) is 6.15. The molecular weight excluding hydrogens is 176 g/mol. The first-order chi connectivity index (χ1) is 6.52. The first-order valence-electron chi connectivity index (χ1n) is 5.74. The molecular formula is C12H18O2. The lowest BCUT2D eigenvalue weighted by Crippen LogP contribution is -2.34. The summed E-state index contributed by atoms with van der Waals surface area (Å²) >= 11 is 0. The average Bonchev–Trinajstić information content (AvgIpc) is 2.53. The molecule has 2 heteroatoms. The maximum absolute atomic E-state index is 11.4. The molecule has 1 saturated heterocycles. The number of carbonyl (C=O) groups is 1. The summed E-state index contributed by atoms with van der Waals surface area (Å²) in [7, 11) is 0. The number of ether oxygens (including phenoxy) is 1. The molecule has 2 nitrogen and oxygen atoms in total. The van der Waals surface area contributed by atoms with E-state index >= 15 is 0 Å². The van der Waals surface area contributed by atoms with E-state index in [2.05, 4.69) is 13.8 Å². The third-order valence-corrected chi connectivity index (χ3v) is 4.52. The van der Waals surface area contributed by atoms with Crippen molar-refractivity contribution in [1.82, 2.24) is 0 Å². The van der Waals surface area contributed by atoms with Gasteiger partial charge in [0, 0.05) is 5.92 Å². The van der Waals surface area contributed by atoms with Crippen LogP contribution < -0.4 is 0 Å². The van der Waals surface area contributed by atoms with Crippen LogP contribution in [-0.4, -0.2) is 11.6 Å². The molecule has 3 atom stereocenters. The molecule has 1 heterocycles. The summed E-state index contributed by atoms with van der Waals surface area (Å²) < 4.78 is 5.69. The predicted molar refractivity (Wildman–Crippen MR) is 52.7 cm³/mol. The second kappa shape index (κ2) is 2.34. The van der Waals surface area contributed by atoms with Crippen molar-refractivity contribution in [3.05, 3.63) is 0 Å². The molecule has 1 aliphatic heterocycles. The lowest BCUT2D eigenvalue weighted by atomic mass is 9.83.